The number of hydrogen-bond acceptors (Lipinski definition) is 7. The molecule has 0 bridgehead atoms. The minimum atomic E-state index is -1.15. The van der Waals surface area contributed by atoms with Gasteiger partial charge in [-0.2, -0.15) is 0 Å². The second-order valence-corrected chi connectivity index (χ2v) is 9.60. The Balaban J connectivity index is 1.82. The second-order valence-electron chi connectivity index (χ2n) is 9.60. The predicted octanol–water partition coefficient (Wildman–Crippen LogP) is 1.46. The van der Waals surface area contributed by atoms with Crippen molar-refractivity contribution in [2.75, 3.05) is 14.2 Å². The molecule has 1 fully saturated rings. The highest BCUT2D eigenvalue weighted by atomic mass is 16.5. The van der Waals surface area contributed by atoms with Gasteiger partial charge in [0, 0.05) is 18.9 Å². The molecule has 3 aliphatic rings. The molecule has 0 saturated heterocycles. The number of Topliss-reactive ketones (excluding diaryl/α,β-unsaturated/α-hetero) is 1. The van der Waals surface area contributed by atoms with E-state index in [0.29, 0.717) is 11.1 Å². The number of aromatic hydroxyl groups is 1. The van der Waals surface area contributed by atoms with E-state index in [1.807, 2.05) is 6.08 Å². The molecule has 0 radical (unpaired) electrons. The van der Waals surface area contributed by atoms with Gasteiger partial charge < -0.3 is 14.6 Å². The van der Waals surface area contributed by atoms with Crippen molar-refractivity contribution in [3.63, 3.8) is 0 Å². The van der Waals surface area contributed by atoms with Gasteiger partial charge in [-0.25, -0.2) is 23.5 Å². The molecule has 0 amide bonds. The SMILES string of the molecule is COc1cc([C@H]2C3=CCn4c(=O)n(C)c(=O)n4[C@@H]3C[C@H]3C(=O)C(C)=CC(=O)[C@@]23C)cc(OC)c1O. The summed E-state index contributed by atoms with van der Waals surface area (Å²) in [6.07, 6.45) is 3.48. The maximum absolute atomic E-state index is 13.6. The average molecular weight is 482 g/mol. The third-order valence-electron chi connectivity index (χ3n) is 7.97. The maximum Gasteiger partial charge on any atom is 0.347 e. The average Bonchev–Trinajstić information content (AvgIpc) is 3.06. The summed E-state index contributed by atoms with van der Waals surface area (Å²) in [6.45, 7) is 3.56. The number of methoxy groups -OCH3 is 2. The number of carbonyl (C=O) groups excluding carboxylic acids is 2. The third-order valence-corrected chi connectivity index (χ3v) is 7.97. The summed E-state index contributed by atoms with van der Waals surface area (Å²) < 4.78 is 14.6. The number of phenolic OH excluding ortho intramolecular Hbond substituents is 1. The van der Waals surface area contributed by atoms with Gasteiger partial charge >= 0.3 is 11.4 Å². The van der Waals surface area contributed by atoms with Crippen LogP contribution in [0.2, 0.25) is 0 Å². The Morgan fingerprint density at radius 3 is 2.29 bits per heavy atom. The molecule has 2 aliphatic carbocycles. The van der Waals surface area contributed by atoms with Gasteiger partial charge in [0.15, 0.2) is 23.1 Å². The molecule has 1 saturated carbocycles. The van der Waals surface area contributed by atoms with E-state index in [1.54, 1.807) is 26.0 Å². The molecule has 5 rings (SSSR count). The second kappa shape index (κ2) is 7.59. The molecule has 10 nitrogen and oxygen atoms in total. The molecule has 4 atom stereocenters. The van der Waals surface area contributed by atoms with Gasteiger partial charge in [0.25, 0.3) is 0 Å². The van der Waals surface area contributed by atoms with Crippen LogP contribution in [0.15, 0.2) is 45.0 Å². The van der Waals surface area contributed by atoms with E-state index in [0.717, 1.165) is 10.1 Å². The summed E-state index contributed by atoms with van der Waals surface area (Å²) >= 11 is 0. The molecule has 0 unspecified atom stereocenters. The number of aromatic nitrogens is 3. The molecule has 2 aromatic rings. The molecule has 35 heavy (non-hydrogen) atoms. The topological polar surface area (TPSA) is 122 Å². The number of allylic oxidation sites excluding steroid dienone is 4. The Labute approximate surface area is 200 Å². The van der Waals surface area contributed by atoms with Gasteiger partial charge in [0.05, 0.1) is 32.2 Å². The van der Waals surface area contributed by atoms with Crippen LogP contribution in [0.3, 0.4) is 0 Å². The lowest BCUT2D eigenvalue weighted by Gasteiger charge is -2.52. The predicted molar refractivity (Wildman–Crippen MR) is 125 cm³/mol. The molecule has 10 heteroatoms. The first-order valence-corrected chi connectivity index (χ1v) is 11.4. The molecule has 2 heterocycles. The molecule has 1 aliphatic heterocycles. The van der Waals surface area contributed by atoms with Crippen molar-refractivity contribution in [2.45, 2.75) is 38.8 Å². The molecular weight excluding hydrogens is 454 g/mol. The molecule has 184 valence electrons. The van der Waals surface area contributed by atoms with Crippen LogP contribution in [0.4, 0.5) is 0 Å². The van der Waals surface area contributed by atoms with Crippen molar-refractivity contribution in [2.24, 2.45) is 18.4 Å². The van der Waals surface area contributed by atoms with E-state index in [1.165, 1.54) is 36.7 Å². The lowest BCUT2D eigenvalue weighted by Crippen LogP contribution is -2.54. The Kier molecular flexibility index (Phi) is 4.98. The summed E-state index contributed by atoms with van der Waals surface area (Å²) in [7, 11) is 4.25. The zero-order valence-corrected chi connectivity index (χ0v) is 20.2. The summed E-state index contributed by atoms with van der Waals surface area (Å²) in [5.41, 5.74) is -0.319. The van der Waals surface area contributed by atoms with E-state index in [9.17, 15) is 24.3 Å². The van der Waals surface area contributed by atoms with Crippen molar-refractivity contribution < 1.29 is 24.2 Å². The van der Waals surface area contributed by atoms with E-state index in [4.69, 9.17) is 9.47 Å². The number of nitrogens with zero attached hydrogens (tertiary/aromatic N) is 3. The quantitative estimate of drug-likeness (QED) is 0.659. The fourth-order valence-electron chi connectivity index (χ4n) is 6.11. The van der Waals surface area contributed by atoms with Crippen LogP contribution >= 0.6 is 0 Å². The number of hydrogen-bond donors (Lipinski definition) is 1. The zero-order valence-electron chi connectivity index (χ0n) is 20.2. The van der Waals surface area contributed by atoms with Gasteiger partial charge in [-0.1, -0.05) is 13.0 Å². The van der Waals surface area contributed by atoms with E-state index >= 15 is 0 Å². The minimum Gasteiger partial charge on any atom is -0.502 e. The van der Waals surface area contributed by atoms with Crippen LogP contribution in [-0.4, -0.2) is 44.8 Å². The summed E-state index contributed by atoms with van der Waals surface area (Å²) in [6, 6.07) is 2.67. The highest BCUT2D eigenvalue weighted by molar-refractivity contribution is 6.13. The number of rotatable bonds is 3. The number of phenols is 1. The van der Waals surface area contributed by atoms with Crippen LogP contribution in [0.1, 0.15) is 37.8 Å². The van der Waals surface area contributed by atoms with Crippen LogP contribution in [0.25, 0.3) is 0 Å². The molecule has 1 N–H and O–H groups in total. The number of carbonyl (C=O) groups is 2. The van der Waals surface area contributed by atoms with Crippen molar-refractivity contribution in [1.29, 1.82) is 0 Å². The fraction of sp³-hybridized carbons (Fsp3) is 0.440. The largest absolute Gasteiger partial charge is 0.502 e. The van der Waals surface area contributed by atoms with Crippen LogP contribution in [0, 0.1) is 11.3 Å². The van der Waals surface area contributed by atoms with Crippen LogP contribution < -0.4 is 20.9 Å². The summed E-state index contributed by atoms with van der Waals surface area (Å²) in [5.74, 6) is -1.55. The third kappa shape index (κ3) is 2.88. The van der Waals surface area contributed by atoms with Crippen LogP contribution in [0.5, 0.6) is 17.2 Å². The van der Waals surface area contributed by atoms with Crippen molar-refractivity contribution >= 4 is 11.6 Å². The first-order chi connectivity index (χ1) is 16.6. The lowest BCUT2D eigenvalue weighted by molar-refractivity contribution is -0.139. The Bertz CT molecular complexity index is 1450. The summed E-state index contributed by atoms with van der Waals surface area (Å²) in [4.78, 5) is 52.8. The Hall–Kier alpha value is -3.82. The van der Waals surface area contributed by atoms with Crippen molar-refractivity contribution in [3.8, 4) is 17.2 Å². The molecule has 0 spiro atoms. The molecular formula is C25H27N3O7. The normalized spacial score (nSPS) is 27.4. The number of ether oxygens (including phenoxy) is 2. The highest BCUT2D eigenvalue weighted by Gasteiger charge is 2.59. The van der Waals surface area contributed by atoms with E-state index in [-0.39, 0.29) is 41.8 Å². The van der Waals surface area contributed by atoms with Gasteiger partial charge in [0.1, 0.15) is 0 Å². The first-order valence-electron chi connectivity index (χ1n) is 11.4. The molecule has 1 aromatic carbocycles. The zero-order chi connectivity index (χ0) is 25.4. The van der Waals surface area contributed by atoms with Gasteiger partial charge in [-0.05, 0) is 48.3 Å². The minimum absolute atomic E-state index is 0.154. The van der Waals surface area contributed by atoms with Crippen molar-refractivity contribution in [3.05, 3.63) is 62.0 Å². The number of benzene rings is 1. The monoisotopic (exact) mass is 481 g/mol. The van der Waals surface area contributed by atoms with E-state index in [2.05, 4.69) is 0 Å². The molecule has 1 aromatic heterocycles. The first kappa shape index (κ1) is 22.9. The Morgan fingerprint density at radius 1 is 1.06 bits per heavy atom. The fourth-order valence-corrected chi connectivity index (χ4v) is 6.11. The van der Waals surface area contributed by atoms with Gasteiger partial charge in [0.2, 0.25) is 5.75 Å². The van der Waals surface area contributed by atoms with Crippen LogP contribution in [-0.2, 0) is 23.2 Å². The summed E-state index contributed by atoms with van der Waals surface area (Å²) in [5, 5.41) is 10.5. The van der Waals surface area contributed by atoms with Gasteiger partial charge in [-0.15, -0.1) is 0 Å². The highest BCUT2D eigenvalue weighted by Crippen LogP contribution is 2.60. The number of fused-ring (bicyclic) bond motifs is 4. The number of ketones is 2. The van der Waals surface area contributed by atoms with Gasteiger partial charge in [-0.3, -0.25) is 9.59 Å². The van der Waals surface area contributed by atoms with E-state index < -0.39 is 34.7 Å². The lowest BCUT2D eigenvalue weighted by atomic mass is 9.51. The standard InChI is InChI=1S/C25H27N3O7/c1-12-8-19(29)25(2)15(21(12)30)11-16-14(6-7-27-23(32)26(3)24(33)28(16)27)20(25)13-9-17(34-4)22(31)18(10-13)35-5/h6,8-10,15-16,20,31H,7,11H2,1-5H3/t15-,16+,20-,25-/m0/s1. The Morgan fingerprint density at radius 2 is 1.69 bits per heavy atom. The smallest absolute Gasteiger partial charge is 0.347 e. The maximum atomic E-state index is 13.6. The van der Waals surface area contributed by atoms with Crippen molar-refractivity contribution in [1.82, 2.24) is 13.9 Å².